The minimum Gasteiger partial charge on any atom is -0.388 e. The number of hydrogen-bond donors (Lipinski definition) is 1. The molecule has 0 radical (unpaired) electrons. The first-order chi connectivity index (χ1) is 7.16. The molecule has 0 spiro atoms. The molecule has 0 fully saturated rings. The molecule has 1 N–H and O–H groups in total. The lowest BCUT2D eigenvalue weighted by atomic mass is 9.84. The lowest BCUT2D eigenvalue weighted by molar-refractivity contribution is 0.0617. The number of nitrogens with zero attached hydrogens (tertiary/aromatic N) is 2. The van der Waals surface area contributed by atoms with Gasteiger partial charge in [-0.1, -0.05) is 46.2 Å². The Hall–Kier alpha value is -0.540. The molecule has 0 saturated heterocycles. The van der Waals surface area contributed by atoms with Gasteiger partial charge in [0.05, 0.1) is 11.8 Å². The highest BCUT2D eigenvalue weighted by atomic mass is 35.5. The molecule has 4 heteroatoms. The van der Waals surface area contributed by atoms with Crippen LogP contribution in [0.2, 0.25) is 5.15 Å². The number of aromatic nitrogens is 2. The second-order valence-corrected chi connectivity index (χ2v) is 5.99. The van der Waals surface area contributed by atoms with Crippen LogP contribution >= 0.6 is 11.6 Å². The van der Waals surface area contributed by atoms with Gasteiger partial charge in [0.2, 0.25) is 0 Å². The minimum atomic E-state index is -0.592. The zero-order valence-corrected chi connectivity index (χ0v) is 11.6. The number of aryl methyl sites for hydroxylation is 1. The topological polar surface area (TPSA) is 38.0 Å². The average molecular weight is 245 g/mol. The second-order valence-electron chi connectivity index (χ2n) is 5.64. The molecule has 0 aromatic carbocycles. The molecule has 0 aliphatic carbocycles. The van der Waals surface area contributed by atoms with Crippen molar-refractivity contribution in [2.45, 2.75) is 46.6 Å². The van der Waals surface area contributed by atoms with Crippen molar-refractivity contribution in [3.8, 4) is 0 Å². The standard InChI is InChI=1S/C12H21ClN2O/c1-7(2)9-8(10(16)12(3,4)5)11(13)15(6)14-9/h7,10,16H,1-6H3. The summed E-state index contributed by atoms with van der Waals surface area (Å²) in [5.41, 5.74) is 1.41. The smallest absolute Gasteiger partial charge is 0.132 e. The van der Waals surface area contributed by atoms with E-state index in [1.165, 1.54) is 0 Å². The predicted octanol–water partition coefficient (Wildman–Crippen LogP) is 3.28. The van der Waals surface area contributed by atoms with E-state index in [9.17, 15) is 5.11 Å². The van der Waals surface area contributed by atoms with E-state index in [2.05, 4.69) is 18.9 Å². The van der Waals surface area contributed by atoms with Crippen molar-refractivity contribution in [1.82, 2.24) is 9.78 Å². The summed E-state index contributed by atoms with van der Waals surface area (Å²) in [5, 5.41) is 15.2. The van der Waals surface area contributed by atoms with Crippen LogP contribution in [0.5, 0.6) is 0 Å². The van der Waals surface area contributed by atoms with Gasteiger partial charge in [0.15, 0.2) is 0 Å². The van der Waals surface area contributed by atoms with E-state index in [4.69, 9.17) is 11.6 Å². The zero-order valence-electron chi connectivity index (χ0n) is 10.9. The van der Waals surface area contributed by atoms with Gasteiger partial charge in [0.25, 0.3) is 0 Å². The summed E-state index contributed by atoms with van der Waals surface area (Å²) in [4.78, 5) is 0. The highest BCUT2D eigenvalue weighted by Gasteiger charge is 2.31. The van der Waals surface area contributed by atoms with E-state index >= 15 is 0 Å². The fourth-order valence-corrected chi connectivity index (χ4v) is 1.89. The summed E-state index contributed by atoms with van der Waals surface area (Å²) in [5.74, 6) is 0.255. The molecule has 3 nitrogen and oxygen atoms in total. The summed E-state index contributed by atoms with van der Waals surface area (Å²) >= 11 is 6.20. The van der Waals surface area contributed by atoms with Gasteiger partial charge < -0.3 is 5.11 Å². The Morgan fingerprint density at radius 3 is 2.19 bits per heavy atom. The number of aliphatic hydroxyl groups is 1. The first kappa shape index (κ1) is 13.5. The molecule has 0 aliphatic rings. The minimum absolute atomic E-state index is 0.240. The van der Waals surface area contributed by atoms with Crippen LogP contribution in [-0.4, -0.2) is 14.9 Å². The lowest BCUT2D eigenvalue weighted by Crippen LogP contribution is -2.19. The molecule has 1 atom stereocenters. The summed E-state index contributed by atoms with van der Waals surface area (Å²) in [6, 6.07) is 0. The Kier molecular flexibility index (Phi) is 3.70. The maximum atomic E-state index is 10.3. The van der Waals surface area contributed by atoms with Crippen molar-refractivity contribution < 1.29 is 5.11 Å². The van der Waals surface area contributed by atoms with Crippen LogP contribution in [0, 0.1) is 5.41 Å². The Balaban J connectivity index is 3.31. The van der Waals surface area contributed by atoms with Gasteiger partial charge >= 0.3 is 0 Å². The van der Waals surface area contributed by atoms with E-state index in [1.54, 1.807) is 11.7 Å². The maximum Gasteiger partial charge on any atom is 0.132 e. The van der Waals surface area contributed by atoms with Crippen LogP contribution < -0.4 is 0 Å². The molecule has 1 aromatic heterocycles. The van der Waals surface area contributed by atoms with E-state index in [1.807, 2.05) is 20.8 Å². The largest absolute Gasteiger partial charge is 0.388 e. The molecule has 0 bridgehead atoms. The Morgan fingerprint density at radius 1 is 1.31 bits per heavy atom. The monoisotopic (exact) mass is 244 g/mol. The molecule has 92 valence electrons. The zero-order chi connectivity index (χ0) is 12.7. The quantitative estimate of drug-likeness (QED) is 0.867. The van der Waals surface area contributed by atoms with Gasteiger partial charge in [-0.05, 0) is 11.3 Å². The third-order valence-electron chi connectivity index (χ3n) is 2.68. The number of halogens is 1. The van der Waals surface area contributed by atoms with Crippen molar-refractivity contribution in [2.24, 2.45) is 12.5 Å². The van der Waals surface area contributed by atoms with Crippen molar-refractivity contribution in [2.75, 3.05) is 0 Å². The SMILES string of the molecule is CC(C)c1nn(C)c(Cl)c1C(O)C(C)(C)C. The Labute approximate surface area is 102 Å². The molecular weight excluding hydrogens is 224 g/mol. The van der Waals surface area contributed by atoms with E-state index in [-0.39, 0.29) is 11.3 Å². The highest BCUT2D eigenvalue weighted by Crippen LogP contribution is 2.39. The molecule has 16 heavy (non-hydrogen) atoms. The number of aliphatic hydroxyl groups excluding tert-OH is 1. The van der Waals surface area contributed by atoms with Crippen molar-refractivity contribution in [3.63, 3.8) is 0 Å². The van der Waals surface area contributed by atoms with Crippen LogP contribution in [-0.2, 0) is 7.05 Å². The fourth-order valence-electron chi connectivity index (χ4n) is 1.65. The first-order valence-corrected chi connectivity index (χ1v) is 5.94. The molecule has 1 heterocycles. The van der Waals surface area contributed by atoms with Crippen LogP contribution in [0.4, 0.5) is 0 Å². The van der Waals surface area contributed by atoms with Crippen LogP contribution in [0.3, 0.4) is 0 Å². The lowest BCUT2D eigenvalue weighted by Gasteiger charge is -2.26. The van der Waals surface area contributed by atoms with Gasteiger partial charge in [-0.15, -0.1) is 0 Å². The van der Waals surface area contributed by atoms with Crippen molar-refractivity contribution >= 4 is 11.6 Å². The molecule has 1 aromatic rings. The number of hydrogen-bond acceptors (Lipinski definition) is 2. The normalized spacial score (nSPS) is 14.6. The number of rotatable bonds is 2. The van der Waals surface area contributed by atoms with Gasteiger partial charge in [-0.3, -0.25) is 4.68 Å². The summed E-state index contributed by atoms with van der Waals surface area (Å²) in [6.07, 6.45) is -0.592. The predicted molar refractivity (Wildman–Crippen MR) is 66.7 cm³/mol. The molecule has 0 aliphatic heterocycles. The fraction of sp³-hybridized carbons (Fsp3) is 0.750. The Morgan fingerprint density at radius 2 is 1.81 bits per heavy atom. The molecule has 1 rings (SSSR count). The van der Waals surface area contributed by atoms with Crippen molar-refractivity contribution in [3.05, 3.63) is 16.4 Å². The van der Waals surface area contributed by atoms with Gasteiger partial charge in [0.1, 0.15) is 5.15 Å². The summed E-state index contributed by atoms with van der Waals surface area (Å²) < 4.78 is 1.63. The van der Waals surface area contributed by atoms with Crippen molar-refractivity contribution in [1.29, 1.82) is 0 Å². The van der Waals surface area contributed by atoms with Gasteiger partial charge in [-0.25, -0.2) is 0 Å². The highest BCUT2D eigenvalue weighted by molar-refractivity contribution is 6.30. The Bertz CT molecular complexity index is 377. The van der Waals surface area contributed by atoms with E-state index < -0.39 is 6.10 Å². The molecular formula is C12H21ClN2O. The molecule has 0 amide bonds. The van der Waals surface area contributed by atoms with E-state index in [0.29, 0.717) is 5.15 Å². The summed E-state index contributed by atoms with van der Waals surface area (Å²) in [7, 11) is 1.80. The van der Waals surface area contributed by atoms with Gasteiger partial charge in [-0.2, -0.15) is 5.10 Å². The maximum absolute atomic E-state index is 10.3. The third kappa shape index (κ3) is 2.41. The van der Waals surface area contributed by atoms with E-state index in [0.717, 1.165) is 11.3 Å². The molecule has 1 unspecified atom stereocenters. The van der Waals surface area contributed by atoms with Crippen LogP contribution in [0.1, 0.15) is 57.9 Å². The average Bonchev–Trinajstić information content (AvgIpc) is 2.41. The molecule has 0 saturated carbocycles. The van der Waals surface area contributed by atoms with Crippen LogP contribution in [0.25, 0.3) is 0 Å². The summed E-state index contributed by atoms with van der Waals surface area (Å²) in [6.45, 7) is 10.1. The third-order valence-corrected chi connectivity index (χ3v) is 3.13. The first-order valence-electron chi connectivity index (χ1n) is 5.56. The van der Waals surface area contributed by atoms with Crippen LogP contribution in [0.15, 0.2) is 0 Å². The second kappa shape index (κ2) is 4.38. The van der Waals surface area contributed by atoms with Gasteiger partial charge in [0, 0.05) is 12.6 Å².